The number of fused-ring (bicyclic) bond motifs is 4. The predicted octanol–water partition coefficient (Wildman–Crippen LogP) is 1.91. The number of hydrogen-bond acceptors (Lipinski definition) is 8. The van der Waals surface area contributed by atoms with Gasteiger partial charge >= 0.3 is 17.6 Å². The van der Waals surface area contributed by atoms with Crippen LogP contribution in [0.5, 0.6) is 0 Å². The summed E-state index contributed by atoms with van der Waals surface area (Å²) in [5.74, 6) is 1.62. The highest BCUT2D eigenvalue weighted by molar-refractivity contribution is 7.80. The zero-order chi connectivity index (χ0) is 16.9. The monoisotopic (exact) mass is 410 g/mol. The van der Waals surface area contributed by atoms with Crippen molar-refractivity contribution in [2.75, 3.05) is 11.5 Å². The van der Waals surface area contributed by atoms with Crippen LogP contribution in [0.1, 0.15) is 26.7 Å². The average Bonchev–Trinajstić information content (AvgIpc) is 3.27. The third-order valence-electron chi connectivity index (χ3n) is 5.17. The summed E-state index contributed by atoms with van der Waals surface area (Å²) in [5, 5.41) is 0. The summed E-state index contributed by atoms with van der Waals surface area (Å²) in [4.78, 5) is 0. The molecule has 10 heteroatoms. The normalized spacial score (nSPS) is 52.5. The number of hydrogen-bond donors (Lipinski definition) is 2. The van der Waals surface area contributed by atoms with E-state index in [0.29, 0.717) is 0 Å². The van der Waals surface area contributed by atoms with Crippen LogP contribution in [-0.2, 0) is 26.6 Å². The minimum atomic E-state index is -2.57. The van der Waals surface area contributed by atoms with Gasteiger partial charge in [0.1, 0.15) is 24.4 Å². The first-order chi connectivity index (χ1) is 11.5. The molecule has 8 unspecified atom stereocenters. The van der Waals surface area contributed by atoms with Crippen LogP contribution in [-0.4, -0.2) is 65.7 Å². The molecule has 4 saturated heterocycles. The molecule has 0 spiro atoms. The Morgan fingerprint density at radius 3 is 1.38 bits per heavy atom. The van der Waals surface area contributed by atoms with E-state index in [-0.39, 0.29) is 36.6 Å². The SMILES string of the molecule is CC1O[Si]2(CCCS)OC1C(C1O[Si]3(CCCS)OC(C)C1O3)O2. The molecular weight excluding hydrogens is 384 g/mol. The standard InChI is InChI=1S/C14H26O6S2Si2/c1-9-11-13(19-23(15-9,17-11)7-3-5-21)14-12-10(2)16-24(18-12,20-14)8-4-6-22/h9-14,21-22H,3-8H2,1-2H3. The second-order valence-corrected chi connectivity index (χ2v) is 13.0. The van der Waals surface area contributed by atoms with Gasteiger partial charge in [-0.25, -0.2) is 0 Å². The van der Waals surface area contributed by atoms with Crippen molar-refractivity contribution in [2.45, 2.75) is 75.4 Å². The second-order valence-electron chi connectivity index (χ2n) is 7.00. The lowest BCUT2D eigenvalue weighted by Crippen LogP contribution is -2.56. The molecule has 0 aromatic rings. The van der Waals surface area contributed by atoms with Crippen molar-refractivity contribution >= 4 is 42.9 Å². The largest absolute Gasteiger partial charge is 0.502 e. The van der Waals surface area contributed by atoms with Crippen molar-refractivity contribution in [3.05, 3.63) is 0 Å². The van der Waals surface area contributed by atoms with E-state index in [1.54, 1.807) is 0 Å². The van der Waals surface area contributed by atoms with Crippen LogP contribution in [0.4, 0.5) is 0 Å². The summed E-state index contributed by atoms with van der Waals surface area (Å²) in [5.41, 5.74) is 0. The lowest BCUT2D eigenvalue weighted by Gasteiger charge is -2.37. The van der Waals surface area contributed by atoms with Gasteiger partial charge in [0, 0.05) is 12.1 Å². The summed E-state index contributed by atoms with van der Waals surface area (Å²) in [7, 11) is -5.14. The highest BCUT2D eigenvalue weighted by atomic mass is 32.1. The Balaban J connectivity index is 1.49. The Kier molecular flexibility index (Phi) is 5.18. The van der Waals surface area contributed by atoms with Crippen molar-refractivity contribution in [1.29, 1.82) is 0 Å². The van der Waals surface area contributed by atoms with Crippen LogP contribution in [0.2, 0.25) is 12.1 Å². The lowest BCUT2D eigenvalue weighted by atomic mass is 9.97. The van der Waals surface area contributed by atoms with Crippen molar-refractivity contribution in [1.82, 2.24) is 0 Å². The molecule has 24 heavy (non-hydrogen) atoms. The molecule has 0 amide bonds. The van der Waals surface area contributed by atoms with Gasteiger partial charge < -0.3 is 26.6 Å². The van der Waals surface area contributed by atoms with Gasteiger partial charge in [-0.1, -0.05) is 0 Å². The minimum absolute atomic E-state index is 0.0457. The third-order valence-corrected chi connectivity index (χ3v) is 11.7. The molecule has 4 heterocycles. The summed E-state index contributed by atoms with van der Waals surface area (Å²) >= 11 is 8.60. The van der Waals surface area contributed by atoms with Gasteiger partial charge in [0.2, 0.25) is 0 Å². The van der Waals surface area contributed by atoms with Crippen LogP contribution in [0, 0.1) is 0 Å². The van der Waals surface area contributed by atoms with Crippen molar-refractivity contribution in [2.24, 2.45) is 0 Å². The molecule has 138 valence electrons. The summed E-state index contributed by atoms with van der Waals surface area (Å²) in [6, 6.07) is 1.64. The Bertz CT molecular complexity index is 448. The molecule has 0 radical (unpaired) electrons. The van der Waals surface area contributed by atoms with E-state index in [2.05, 4.69) is 39.1 Å². The fourth-order valence-electron chi connectivity index (χ4n) is 4.14. The minimum Gasteiger partial charge on any atom is -0.368 e. The maximum atomic E-state index is 6.36. The highest BCUT2D eigenvalue weighted by Gasteiger charge is 2.70. The molecule has 4 fully saturated rings. The van der Waals surface area contributed by atoms with Crippen molar-refractivity contribution in [3.63, 3.8) is 0 Å². The van der Waals surface area contributed by atoms with Crippen LogP contribution >= 0.6 is 25.3 Å². The lowest BCUT2D eigenvalue weighted by molar-refractivity contribution is -0.0733. The molecule has 4 rings (SSSR count). The van der Waals surface area contributed by atoms with E-state index in [0.717, 1.165) is 36.4 Å². The second kappa shape index (κ2) is 6.81. The van der Waals surface area contributed by atoms with Gasteiger partial charge in [0.05, 0.1) is 12.2 Å². The maximum absolute atomic E-state index is 6.36. The molecule has 4 aliphatic heterocycles. The van der Waals surface area contributed by atoms with Gasteiger partial charge in [-0.15, -0.1) is 0 Å². The molecular formula is C14H26O6S2Si2. The number of rotatable bonds is 7. The maximum Gasteiger partial charge on any atom is 0.502 e. The Hall–Kier alpha value is 0.894. The molecule has 0 aliphatic carbocycles. The first-order valence-corrected chi connectivity index (χ1v) is 13.9. The van der Waals surface area contributed by atoms with Gasteiger partial charge in [-0.3, -0.25) is 0 Å². The molecule has 0 aromatic heterocycles. The van der Waals surface area contributed by atoms with Gasteiger partial charge in [0.25, 0.3) is 0 Å². The summed E-state index contributed by atoms with van der Waals surface area (Å²) in [6.07, 6.45) is 1.62. The van der Waals surface area contributed by atoms with E-state index >= 15 is 0 Å². The Labute approximate surface area is 156 Å². The van der Waals surface area contributed by atoms with E-state index in [1.807, 2.05) is 0 Å². The molecule has 8 atom stereocenters. The molecule has 0 saturated carbocycles. The summed E-state index contributed by atoms with van der Waals surface area (Å²) in [6.45, 7) is 4.13. The molecule has 4 bridgehead atoms. The van der Waals surface area contributed by atoms with E-state index in [9.17, 15) is 0 Å². The molecule has 0 aromatic carbocycles. The fourth-order valence-corrected chi connectivity index (χ4v) is 11.6. The first-order valence-electron chi connectivity index (χ1n) is 8.80. The Morgan fingerprint density at radius 2 is 1.00 bits per heavy atom. The quantitative estimate of drug-likeness (QED) is 0.494. The van der Waals surface area contributed by atoms with E-state index in [1.165, 1.54) is 0 Å². The molecule has 6 nitrogen and oxygen atoms in total. The third kappa shape index (κ3) is 2.96. The van der Waals surface area contributed by atoms with Crippen molar-refractivity contribution in [3.8, 4) is 0 Å². The van der Waals surface area contributed by atoms with Crippen LogP contribution < -0.4 is 0 Å². The van der Waals surface area contributed by atoms with Gasteiger partial charge in [-0.2, -0.15) is 25.3 Å². The first kappa shape index (κ1) is 18.3. The average molecular weight is 411 g/mol. The highest BCUT2D eigenvalue weighted by Crippen LogP contribution is 2.48. The topological polar surface area (TPSA) is 55.4 Å². The van der Waals surface area contributed by atoms with Gasteiger partial charge in [-0.05, 0) is 38.2 Å². The predicted molar refractivity (Wildman–Crippen MR) is 98.6 cm³/mol. The smallest absolute Gasteiger partial charge is 0.368 e. The molecule has 0 N–H and O–H groups in total. The van der Waals surface area contributed by atoms with Gasteiger partial charge in [0.15, 0.2) is 0 Å². The fraction of sp³-hybridized carbons (Fsp3) is 1.00. The Morgan fingerprint density at radius 1 is 0.625 bits per heavy atom. The molecule has 4 aliphatic rings. The van der Waals surface area contributed by atoms with Crippen molar-refractivity contribution < 1.29 is 26.6 Å². The van der Waals surface area contributed by atoms with E-state index in [4.69, 9.17) is 26.6 Å². The van der Waals surface area contributed by atoms with Crippen LogP contribution in [0.15, 0.2) is 0 Å². The van der Waals surface area contributed by atoms with Crippen LogP contribution in [0.3, 0.4) is 0 Å². The van der Waals surface area contributed by atoms with Crippen LogP contribution in [0.25, 0.3) is 0 Å². The zero-order valence-electron chi connectivity index (χ0n) is 14.1. The zero-order valence-corrected chi connectivity index (χ0v) is 17.8. The van der Waals surface area contributed by atoms with E-state index < -0.39 is 17.6 Å². The number of thiol groups is 2. The summed E-state index contributed by atoms with van der Waals surface area (Å²) < 4.78 is 37.4.